The van der Waals surface area contributed by atoms with Crippen molar-refractivity contribution >= 4 is 21.4 Å². The van der Waals surface area contributed by atoms with E-state index >= 15 is 0 Å². The highest BCUT2D eigenvalue weighted by molar-refractivity contribution is 7.90. The first-order valence-corrected chi connectivity index (χ1v) is 7.71. The van der Waals surface area contributed by atoms with Crippen LogP contribution in [0.15, 0.2) is 24.3 Å². The molecule has 0 aliphatic heterocycles. The zero-order valence-corrected chi connectivity index (χ0v) is 11.3. The van der Waals surface area contributed by atoms with E-state index in [9.17, 15) is 8.42 Å². The molecule has 0 fully saturated rings. The SMILES string of the molecule is CC(C)c1ccc(C(Cl)CS(C)(=O)=O)cc1. The van der Waals surface area contributed by atoms with Crippen molar-refractivity contribution in [3.8, 4) is 0 Å². The molecule has 0 aliphatic carbocycles. The Labute approximate surface area is 103 Å². The molecule has 0 saturated heterocycles. The predicted octanol–water partition coefficient (Wildman–Crippen LogP) is 3.13. The molecule has 0 saturated carbocycles. The second-order valence-electron chi connectivity index (χ2n) is 4.38. The third kappa shape index (κ3) is 4.14. The molecular weight excluding hydrogens is 244 g/mol. The maximum atomic E-state index is 11.1. The Balaban J connectivity index is 2.82. The van der Waals surface area contributed by atoms with Crippen LogP contribution in [0.3, 0.4) is 0 Å². The number of hydrogen-bond acceptors (Lipinski definition) is 2. The molecule has 0 amide bonds. The summed E-state index contributed by atoms with van der Waals surface area (Å²) in [6.07, 6.45) is 1.20. The lowest BCUT2D eigenvalue weighted by atomic mass is 10.0. The lowest BCUT2D eigenvalue weighted by Crippen LogP contribution is -2.08. The van der Waals surface area contributed by atoms with Gasteiger partial charge in [-0.25, -0.2) is 8.42 Å². The number of alkyl halides is 1. The first kappa shape index (κ1) is 13.5. The summed E-state index contributed by atoms with van der Waals surface area (Å²) in [6, 6.07) is 7.80. The summed E-state index contributed by atoms with van der Waals surface area (Å²) in [5.41, 5.74) is 2.09. The van der Waals surface area contributed by atoms with Crippen LogP contribution in [0.5, 0.6) is 0 Å². The van der Waals surface area contributed by atoms with E-state index < -0.39 is 15.2 Å². The summed E-state index contributed by atoms with van der Waals surface area (Å²) in [5.74, 6) is 0.452. The number of halogens is 1. The lowest BCUT2D eigenvalue weighted by molar-refractivity contribution is 0.600. The normalized spacial score (nSPS) is 14.1. The van der Waals surface area contributed by atoms with Crippen LogP contribution in [-0.4, -0.2) is 20.4 Å². The third-order valence-corrected chi connectivity index (χ3v) is 3.94. The van der Waals surface area contributed by atoms with Gasteiger partial charge in [0.05, 0.1) is 11.1 Å². The van der Waals surface area contributed by atoms with E-state index in [0.29, 0.717) is 5.92 Å². The molecule has 1 atom stereocenters. The fraction of sp³-hybridized carbons (Fsp3) is 0.500. The van der Waals surface area contributed by atoms with Crippen molar-refractivity contribution in [3.63, 3.8) is 0 Å². The minimum absolute atomic E-state index is 0.0183. The van der Waals surface area contributed by atoms with Crippen molar-refractivity contribution in [1.29, 1.82) is 0 Å². The van der Waals surface area contributed by atoms with E-state index in [1.807, 2.05) is 24.3 Å². The predicted molar refractivity (Wildman–Crippen MR) is 68.8 cm³/mol. The summed E-state index contributed by atoms with van der Waals surface area (Å²) >= 11 is 6.04. The fourth-order valence-electron chi connectivity index (χ4n) is 1.45. The molecule has 4 heteroatoms. The van der Waals surface area contributed by atoms with Crippen molar-refractivity contribution in [1.82, 2.24) is 0 Å². The first-order chi connectivity index (χ1) is 7.29. The molecule has 1 unspecified atom stereocenters. The summed E-state index contributed by atoms with van der Waals surface area (Å²) in [4.78, 5) is 0. The van der Waals surface area contributed by atoms with Gasteiger partial charge in [-0.05, 0) is 17.0 Å². The van der Waals surface area contributed by atoms with Crippen molar-refractivity contribution in [2.45, 2.75) is 25.1 Å². The maximum absolute atomic E-state index is 11.1. The molecule has 0 N–H and O–H groups in total. The zero-order chi connectivity index (χ0) is 12.3. The van der Waals surface area contributed by atoms with Gasteiger partial charge in [-0.1, -0.05) is 38.1 Å². The van der Waals surface area contributed by atoms with E-state index in [1.54, 1.807) is 0 Å². The van der Waals surface area contributed by atoms with Crippen LogP contribution in [0.25, 0.3) is 0 Å². The number of sulfone groups is 1. The average molecular weight is 261 g/mol. The Morgan fingerprint density at radius 2 is 1.56 bits per heavy atom. The summed E-state index contributed by atoms with van der Waals surface area (Å²) in [7, 11) is -3.03. The Morgan fingerprint density at radius 1 is 1.12 bits per heavy atom. The number of rotatable bonds is 4. The van der Waals surface area contributed by atoms with Crippen molar-refractivity contribution in [3.05, 3.63) is 35.4 Å². The van der Waals surface area contributed by atoms with Crippen LogP contribution in [0.1, 0.15) is 36.3 Å². The molecule has 0 bridgehead atoms. The van der Waals surface area contributed by atoms with Crippen LogP contribution in [0.2, 0.25) is 0 Å². The van der Waals surface area contributed by atoms with Gasteiger partial charge in [0, 0.05) is 6.26 Å². The topological polar surface area (TPSA) is 34.1 Å². The first-order valence-electron chi connectivity index (χ1n) is 5.21. The van der Waals surface area contributed by atoms with Crippen LogP contribution >= 0.6 is 11.6 Å². The van der Waals surface area contributed by atoms with Gasteiger partial charge in [0.25, 0.3) is 0 Å². The molecule has 0 spiro atoms. The van der Waals surface area contributed by atoms with E-state index in [2.05, 4.69) is 13.8 Å². The number of hydrogen-bond donors (Lipinski definition) is 0. The molecule has 90 valence electrons. The standard InChI is InChI=1S/C12H17ClO2S/c1-9(2)10-4-6-11(7-5-10)12(13)8-16(3,14)15/h4-7,9,12H,8H2,1-3H3. The summed E-state index contributed by atoms with van der Waals surface area (Å²) in [6.45, 7) is 4.23. The van der Waals surface area contributed by atoms with Gasteiger partial charge in [0.1, 0.15) is 9.84 Å². The van der Waals surface area contributed by atoms with Crippen molar-refractivity contribution < 1.29 is 8.42 Å². The molecule has 0 heterocycles. The largest absolute Gasteiger partial charge is 0.229 e. The molecule has 1 rings (SSSR count). The van der Waals surface area contributed by atoms with Crippen molar-refractivity contribution in [2.24, 2.45) is 0 Å². The molecule has 1 aromatic carbocycles. The smallest absolute Gasteiger partial charge is 0.149 e. The van der Waals surface area contributed by atoms with Crippen LogP contribution in [-0.2, 0) is 9.84 Å². The highest BCUT2D eigenvalue weighted by Crippen LogP contribution is 2.24. The molecule has 0 radical (unpaired) electrons. The van der Waals surface area contributed by atoms with Crippen LogP contribution in [0, 0.1) is 0 Å². The minimum Gasteiger partial charge on any atom is -0.229 e. The molecular formula is C12H17ClO2S. The van der Waals surface area contributed by atoms with Gasteiger partial charge in [-0.2, -0.15) is 0 Å². The third-order valence-electron chi connectivity index (χ3n) is 2.41. The van der Waals surface area contributed by atoms with Gasteiger partial charge in [0.15, 0.2) is 0 Å². The lowest BCUT2D eigenvalue weighted by Gasteiger charge is -2.10. The summed E-state index contributed by atoms with van der Waals surface area (Å²) < 4.78 is 22.2. The van der Waals surface area contributed by atoms with Gasteiger partial charge in [-0.15, -0.1) is 11.6 Å². The Hall–Kier alpha value is -0.540. The zero-order valence-electron chi connectivity index (χ0n) is 9.77. The van der Waals surface area contributed by atoms with Crippen molar-refractivity contribution in [2.75, 3.05) is 12.0 Å². The maximum Gasteiger partial charge on any atom is 0.149 e. The molecule has 0 aliphatic rings. The second-order valence-corrected chi connectivity index (χ2v) is 7.09. The molecule has 0 aromatic heterocycles. The monoisotopic (exact) mass is 260 g/mol. The minimum atomic E-state index is -3.03. The van der Waals surface area contributed by atoms with E-state index in [1.165, 1.54) is 11.8 Å². The molecule has 1 aromatic rings. The second kappa shape index (κ2) is 5.19. The van der Waals surface area contributed by atoms with Gasteiger partial charge < -0.3 is 0 Å². The highest BCUT2D eigenvalue weighted by atomic mass is 35.5. The average Bonchev–Trinajstić information content (AvgIpc) is 2.15. The van der Waals surface area contributed by atoms with Gasteiger partial charge >= 0.3 is 0 Å². The van der Waals surface area contributed by atoms with Crippen LogP contribution < -0.4 is 0 Å². The van der Waals surface area contributed by atoms with Gasteiger partial charge in [0.2, 0.25) is 0 Å². The molecule has 16 heavy (non-hydrogen) atoms. The Morgan fingerprint density at radius 3 is 1.94 bits per heavy atom. The van der Waals surface area contributed by atoms with E-state index in [-0.39, 0.29) is 5.75 Å². The summed E-state index contributed by atoms with van der Waals surface area (Å²) in [5, 5.41) is -0.462. The van der Waals surface area contributed by atoms with E-state index in [4.69, 9.17) is 11.6 Å². The Bertz CT molecular complexity index is 435. The van der Waals surface area contributed by atoms with Gasteiger partial charge in [-0.3, -0.25) is 0 Å². The highest BCUT2D eigenvalue weighted by Gasteiger charge is 2.14. The molecule has 2 nitrogen and oxygen atoms in total. The van der Waals surface area contributed by atoms with Crippen LogP contribution in [0.4, 0.5) is 0 Å². The Kier molecular flexibility index (Phi) is 4.39. The number of benzene rings is 1. The fourth-order valence-corrected chi connectivity index (χ4v) is 3.01. The quantitative estimate of drug-likeness (QED) is 0.780. The van der Waals surface area contributed by atoms with E-state index in [0.717, 1.165) is 5.56 Å².